The zero-order valence-electron chi connectivity index (χ0n) is 25.6. The fourth-order valence-electron chi connectivity index (χ4n) is 7.58. The number of carbonyl (C=O) groups excluding carboxylic acids is 2. The number of carboxylic acid groups (broad SMARTS) is 1. The van der Waals surface area contributed by atoms with Crippen LogP contribution in [0.4, 0.5) is 4.79 Å². The van der Waals surface area contributed by atoms with E-state index in [1.54, 1.807) is 4.90 Å². The highest BCUT2D eigenvalue weighted by atomic mass is 16.5. The molecule has 5 atom stereocenters. The molecule has 1 aliphatic carbocycles. The van der Waals surface area contributed by atoms with E-state index in [0.717, 1.165) is 56.4 Å². The Hall–Kier alpha value is -2.85. The predicted octanol–water partition coefficient (Wildman–Crippen LogP) is 4.04. The zero-order chi connectivity index (χ0) is 30.0. The molecule has 2 saturated heterocycles. The fraction of sp³-hybridized carbons (Fsp3) is 0.719. The molecule has 1 aromatic carbocycles. The number of rotatable bonds is 7. The summed E-state index contributed by atoms with van der Waals surface area (Å²) in [6, 6.07) is 6.02. The van der Waals surface area contributed by atoms with Gasteiger partial charge in [-0.05, 0) is 58.9 Å². The van der Waals surface area contributed by atoms with Crippen molar-refractivity contribution >= 4 is 17.9 Å². The topological polar surface area (TPSA) is 112 Å². The van der Waals surface area contributed by atoms with Gasteiger partial charge in [-0.2, -0.15) is 0 Å². The van der Waals surface area contributed by atoms with Gasteiger partial charge in [-0.25, -0.2) is 4.79 Å². The molecule has 3 fully saturated rings. The van der Waals surface area contributed by atoms with E-state index >= 15 is 0 Å². The standard InChI is InChI=1S/C32H48N4O6/c1-5-41-23-17-22-18-35(30(38)28(21-11-7-6-8-12-21)36(31(39)40)32(2,3)4)26(20-34(22)19-23)29(37)33-25-15-16-42-27-14-10-9-13-24(25)27/h9-10,13-14,21-23,25-26,28H,5-8,11-12,15-20H2,1-4H3,(H,33,37)(H,39,40)/t22-,23-,25-,26+,28+/m1/s1. The van der Waals surface area contributed by atoms with Gasteiger partial charge in [-0.15, -0.1) is 0 Å². The van der Waals surface area contributed by atoms with E-state index in [9.17, 15) is 19.5 Å². The molecule has 4 aliphatic rings. The van der Waals surface area contributed by atoms with Gasteiger partial charge < -0.3 is 24.8 Å². The van der Waals surface area contributed by atoms with Crippen molar-refractivity contribution in [3.05, 3.63) is 29.8 Å². The van der Waals surface area contributed by atoms with Gasteiger partial charge >= 0.3 is 6.09 Å². The minimum absolute atomic E-state index is 0.0559. The van der Waals surface area contributed by atoms with Gasteiger partial charge in [0.1, 0.15) is 17.8 Å². The minimum atomic E-state index is -1.10. The first kappa shape index (κ1) is 30.6. The molecule has 5 rings (SSSR count). The number of nitrogens with zero attached hydrogens (tertiary/aromatic N) is 3. The van der Waals surface area contributed by atoms with Crippen LogP contribution in [0.5, 0.6) is 5.75 Å². The largest absolute Gasteiger partial charge is 0.493 e. The summed E-state index contributed by atoms with van der Waals surface area (Å²) in [5.41, 5.74) is 0.161. The second-order valence-electron chi connectivity index (χ2n) is 13.3. The van der Waals surface area contributed by atoms with Gasteiger partial charge in [-0.3, -0.25) is 19.4 Å². The second kappa shape index (κ2) is 12.8. The molecule has 232 valence electrons. The number of hydrogen-bond acceptors (Lipinski definition) is 6. The molecule has 0 spiro atoms. The lowest BCUT2D eigenvalue weighted by atomic mass is 9.81. The van der Waals surface area contributed by atoms with Gasteiger partial charge in [0.15, 0.2) is 0 Å². The molecule has 3 amide bonds. The third-order valence-electron chi connectivity index (χ3n) is 9.50. The van der Waals surface area contributed by atoms with Crippen LogP contribution in [0.3, 0.4) is 0 Å². The van der Waals surface area contributed by atoms with Crippen LogP contribution in [0.25, 0.3) is 0 Å². The summed E-state index contributed by atoms with van der Waals surface area (Å²) < 4.78 is 11.8. The number of hydrogen-bond donors (Lipinski definition) is 2. The molecule has 42 heavy (non-hydrogen) atoms. The van der Waals surface area contributed by atoms with Crippen molar-refractivity contribution in [3.8, 4) is 5.75 Å². The molecule has 1 aromatic rings. The third kappa shape index (κ3) is 6.39. The summed E-state index contributed by atoms with van der Waals surface area (Å²) in [5, 5.41) is 13.7. The summed E-state index contributed by atoms with van der Waals surface area (Å²) in [7, 11) is 0. The highest BCUT2D eigenvalue weighted by Gasteiger charge is 2.50. The Morgan fingerprint density at radius 1 is 1.10 bits per heavy atom. The number of carbonyl (C=O) groups is 3. The molecule has 0 unspecified atom stereocenters. The summed E-state index contributed by atoms with van der Waals surface area (Å²) in [6.07, 6.45) is 5.05. The summed E-state index contributed by atoms with van der Waals surface area (Å²) in [6.45, 7) is 10.1. The van der Waals surface area contributed by atoms with E-state index in [0.29, 0.717) is 32.7 Å². The zero-order valence-corrected chi connectivity index (χ0v) is 25.6. The van der Waals surface area contributed by atoms with Crippen molar-refractivity contribution in [1.82, 2.24) is 20.0 Å². The minimum Gasteiger partial charge on any atom is -0.493 e. The third-order valence-corrected chi connectivity index (χ3v) is 9.50. The normalized spacial score (nSPS) is 27.4. The Labute approximate surface area is 249 Å². The molecule has 2 N–H and O–H groups in total. The van der Waals surface area contributed by atoms with Gasteiger partial charge in [0.05, 0.1) is 18.8 Å². The predicted molar refractivity (Wildman–Crippen MR) is 158 cm³/mol. The van der Waals surface area contributed by atoms with Crippen molar-refractivity contribution in [2.75, 3.05) is 32.8 Å². The Morgan fingerprint density at radius 3 is 2.52 bits per heavy atom. The van der Waals surface area contributed by atoms with Gasteiger partial charge in [0, 0.05) is 49.8 Å². The van der Waals surface area contributed by atoms with Gasteiger partial charge in [-0.1, -0.05) is 37.5 Å². The van der Waals surface area contributed by atoms with Crippen molar-refractivity contribution in [1.29, 1.82) is 0 Å². The van der Waals surface area contributed by atoms with E-state index in [1.165, 1.54) is 4.90 Å². The summed E-state index contributed by atoms with van der Waals surface area (Å²) >= 11 is 0. The number of fused-ring (bicyclic) bond motifs is 2. The molecular weight excluding hydrogens is 536 g/mol. The average Bonchev–Trinajstić information content (AvgIpc) is 3.36. The van der Waals surface area contributed by atoms with E-state index in [-0.39, 0.29) is 35.9 Å². The molecule has 0 bridgehead atoms. The van der Waals surface area contributed by atoms with Gasteiger partial charge in [0.2, 0.25) is 11.8 Å². The molecule has 3 heterocycles. The maximum Gasteiger partial charge on any atom is 0.408 e. The Morgan fingerprint density at radius 2 is 1.83 bits per heavy atom. The summed E-state index contributed by atoms with van der Waals surface area (Å²) in [5.74, 6) is 0.240. The number of piperazine rings is 1. The van der Waals surface area contributed by atoms with Crippen LogP contribution in [0.15, 0.2) is 24.3 Å². The first-order valence-electron chi connectivity index (χ1n) is 15.8. The maximum absolute atomic E-state index is 14.8. The van der Waals surface area contributed by atoms with Crippen LogP contribution in [-0.2, 0) is 14.3 Å². The highest BCUT2D eigenvalue weighted by molar-refractivity contribution is 5.92. The van der Waals surface area contributed by atoms with E-state index in [2.05, 4.69) is 10.2 Å². The lowest BCUT2D eigenvalue weighted by Crippen LogP contribution is -2.68. The molecule has 3 aliphatic heterocycles. The molecule has 1 saturated carbocycles. The van der Waals surface area contributed by atoms with Crippen LogP contribution in [-0.4, -0.2) is 100 Å². The Bertz CT molecular complexity index is 1130. The number of para-hydroxylation sites is 1. The molecule has 0 aromatic heterocycles. The van der Waals surface area contributed by atoms with E-state index in [1.807, 2.05) is 52.0 Å². The van der Waals surface area contributed by atoms with Crippen LogP contribution in [0.2, 0.25) is 0 Å². The van der Waals surface area contributed by atoms with Crippen LogP contribution in [0, 0.1) is 5.92 Å². The van der Waals surface area contributed by atoms with Crippen molar-refractivity contribution in [3.63, 3.8) is 0 Å². The van der Waals surface area contributed by atoms with Crippen LogP contribution < -0.4 is 10.1 Å². The highest BCUT2D eigenvalue weighted by Crippen LogP contribution is 2.36. The second-order valence-corrected chi connectivity index (χ2v) is 13.3. The lowest BCUT2D eigenvalue weighted by Gasteiger charge is -2.48. The molecule has 10 heteroatoms. The van der Waals surface area contributed by atoms with E-state index < -0.39 is 23.7 Å². The van der Waals surface area contributed by atoms with Gasteiger partial charge in [0.25, 0.3) is 0 Å². The van der Waals surface area contributed by atoms with Crippen LogP contribution >= 0.6 is 0 Å². The summed E-state index contributed by atoms with van der Waals surface area (Å²) in [4.78, 5) is 47.0. The number of nitrogens with one attached hydrogen (secondary N) is 1. The Balaban J connectivity index is 1.46. The first-order valence-corrected chi connectivity index (χ1v) is 15.8. The molecular formula is C32H48N4O6. The smallest absolute Gasteiger partial charge is 0.408 e. The van der Waals surface area contributed by atoms with Crippen molar-refractivity contribution in [2.24, 2.45) is 5.92 Å². The Kier molecular flexibility index (Phi) is 9.32. The quantitative estimate of drug-likeness (QED) is 0.498. The maximum atomic E-state index is 14.8. The van der Waals surface area contributed by atoms with E-state index in [4.69, 9.17) is 9.47 Å². The van der Waals surface area contributed by atoms with Crippen molar-refractivity contribution in [2.45, 2.75) is 108 Å². The SMILES string of the molecule is CCO[C@@H]1C[C@@H]2CN(C(=O)[C@H](C3CCCCC3)N(C(=O)O)C(C)(C)C)[C@H](C(=O)N[C@@H]3CCOc4ccccc43)CN2C1. The number of amides is 3. The average molecular weight is 585 g/mol. The molecule has 10 nitrogen and oxygen atoms in total. The first-order chi connectivity index (χ1) is 20.1. The van der Waals surface area contributed by atoms with Crippen molar-refractivity contribution < 1.29 is 29.0 Å². The number of ether oxygens (including phenoxy) is 2. The molecule has 0 radical (unpaired) electrons. The monoisotopic (exact) mass is 584 g/mol. The lowest BCUT2D eigenvalue weighted by molar-refractivity contribution is -0.152. The number of benzene rings is 1. The fourth-order valence-corrected chi connectivity index (χ4v) is 7.58. The van der Waals surface area contributed by atoms with Crippen LogP contribution in [0.1, 0.15) is 84.2 Å².